The molecule has 1 aromatic heterocycles. The topological polar surface area (TPSA) is 107 Å². The maximum atomic E-state index is 11.2. The van der Waals surface area contributed by atoms with Gasteiger partial charge in [0.2, 0.25) is 0 Å². The smallest absolute Gasteiger partial charge is 0.340 e. The highest BCUT2D eigenvalue weighted by atomic mass is 35.5. The summed E-state index contributed by atoms with van der Waals surface area (Å²) in [5.74, 6) is -1.22. The van der Waals surface area contributed by atoms with E-state index in [1.807, 2.05) is 0 Å². The van der Waals surface area contributed by atoms with Crippen LogP contribution in [0.25, 0.3) is 5.69 Å². The molecule has 0 amide bonds. The monoisotopic (exact) mass is 311 g/mol. The minimum atomic E-state index is -1.22. The van der Waals surface area contributed by atoms with Gasteiger partial charge in [0.05, 0.1) is 17.2 Å². The molecule has 0 saturated heterocycles. The van der Waals surface area contributed by atoms with Gasteiger partial charge in [-0.3, -0.25) is 10.1 Å². The molecular formula is C12H10ClN3O5. The van der Waals surface area contributed by atoms with Gasteiger partial charge in [-0.2, -0.15) is 5.10 Å². The summed E-state index contributed by atoms with van der Waals surface area (Å²) in [6.07, 6.45) is 0. The number of hydrogen-bond donors (Lipinski definition) is 1. The van der Waals surface area contributed by atoms with Crippen LogP contribution in [-0.2, 0) is 11.3 Å². The van der Waals surface area contributed by atoms with Gasteiger partial charge in [-0.15, -0.1) is 0 Å². The Kier molecular flexibility index (Phi) is 4.20. The average molecular weight is 312 g/mol. The Morgan fingerprint density at radius 3 is 2.57 bits per heavy atom. The highest BCUT2D eigenvalue weighted by Gasteiger charge is 2.23. The van der Waals surface area contributed by atoms with E-state index in [-0.39, 0.29) is 28.7 Å². The molecule has 0 spiro atoms. The summed E-state index contributed by atoms with van der Waals surface area (Å²) in [5, 5.41) is 23.8. The van der Waals surface area contributed by atoms with Gasteiger partial charge in [-0.25, -0.2) is 9.48 Å². The number of aromatic carboxylic acids is 1. The van der Waals surface area contributed by atoms with E-state index in [4.69, 9.17) is 21.4 Å². The highest BCUT2D eigenvalue weighted by molar-refractivity contribution is 6.32. The lowest BCUT2D eigenvalue weighted by molar-refractivity contribution is -0.384. The lowest BCUT2D eigenvalue weighted by Crippen LogP contribution is -2.01. The number of carboxylic acid groups (broad SMARTS) is 1. The predicted molar refractivity (Wildman–Crippen MR) is 72.9 cm³/mol. The molecule has 21 heavy (non-hydrogen) atoms. The Hall–Kier alpha value is -2.45. The largest absolute Gasteiger partial charge is 0.478 e. The van der Waals surface area contributed by atoms with Crippen LogP contribution >= 0.6 is 11.6 Å². The summed E-state index contributed by atoms with van der Waals surface area (Å²) in [6, 6.07) is 5.42. The first-order chi connectivity index (χ1) is 9.95. The first-order valence-electron chi connectivity index (χ1n) is 5.70. The van der Waals surface area contributed by atoms with Crippen LogP contribution in [-0.4, -0.2) is 32.9 Å². The fourth-order valence-corrected chi connectivity index (χ4v) is 2.10. The van der Waals surface area contributed by atoms with E-state index in [0.29, 0.717) is 5.69 Å². The molecule has 0 aliphatic heterocycles. The fourth-order valence-electron chi connectivity index (χ4n) is 1.78. The van der Waals surface area contributed by atoms with Crippen molar-refractivity contribution in [2.24, 2.45) is 0 Å². The Bertz CT molecular complexity index is 696. The standard InChI is InChI=1S/C12H10ClN3O5/c1-21-6-9-10(12(17)18)11(13)15(14-9)7-2-4-8(5-3-7)16(19)20/h2-5H,6H2,1H3,(H,17,18). The van der Waals surface area contributed by atoms with Crippen molar-refractivity contribution in [1.29, 1.82) is 0 Å². The maximum absolute atomic E-state index is 11.2. The molecule has 1 aromatic carbocycles. The number of benzene rings is 1. The van der Waals surface area contributed by atoms with Gasteiger partial charge in [0.25, 0.3) is 5.69 Å². The Labute approximate surface area is 123 Å². The van der Waals surface area contributed by atoms with Crippen molar-refractivity contribution in [3.05, 3.63) is 50.8 Å². The summed E-state index contributed by atoms with van der Waals surface area (Å²) < 4.78 is 6.08. The summed E-state index contributed by atoms with van der Waals surface area (Å²) in [5.41, 5.74) is 0.346. The Morgan fingerprint density at radius 2 is 2.10 bits per heavy atom. The number of nitrogens with zero attached hydrogens (tertiary/aromatic N) is 3. The first kappa shape index (κ1) is 14.9. The summed E-state index contributed by atoms with van der Waals surface area (Å²) >= 11 is 6.03. The third-order valence-electron chi connectivity index (χ3n) is 2.70. The first-order valence-corrected chi connectivity index (χ1v) is 6.08. The van der Waals surface area contributed by atoms with E-state index in [1.54, 1.807) is 0 Å². The second kappa shape index (κ2) is 5.90. The van der Waals surface area contributed by atoms with Gasteiger partial charge in [0.15, 0.2) is 0 Å². The molecule has 8 nitrogen and oxygen atoms in total. The van der Waals surface area contributed by atoms with Gasteiger partial charge in [0.1, 0.15) is 16.4 Å². The molecule has 0 fully saturated rings. The maximum Gasteiger partial charge on any atom is 0.340 e. The van der Waals surface area contributed by atoms with Crippen molar-refractivity contribution in [3.8, 4) is 5.69 Å². The second-order valence-electron chi connectivity index (χ2n) is 4.04. The number of halogens is 1. The zero-order chi connectivity index (χ0) is 15.6. The number of carbonyl (C=O) groups is 1. The van der Waals surface area contributed by atoms with E-state index in [2.05, 4.69) is 5.10 Å². The van der Waals surface area contributed by atoms with Crippen LogP contribution in [0.15, 0.2) is 24.3 Å². The average Bonchev–Trinajstić information content (AvgIpc) is 2.76. The molecule has 9 heteroatoms. The number of carboxylic acids is 1. The Morgan fingerprint density at radius 1 is 1.48 bits per heavy atom. The van der Waals surface area contributed by atoms with Crippen molar-refractivity contribution in [1.82, 2.24) is 9.78 Å². The minimum absolute atomic E-state index is 0.0126. The molecule has 2 rings (SSSR count). The number of methoxy groups -OCH3 is 1. The van der Waals surface area contributed by atoms with Crippen molar-refractivity contribution in [2.45, 2.75) is 6.61 Å². The van der Waals surface area contributed by atoms with Crippen LogP contribution in [0.2, 0.25) is 5.15 Å². The third kappa shape index (κ3) is 2.86. The number of non-ortho nitro benzene ring substituents is 1. The number of aromatic nitrogens is 2. The number of nitro groups is 1. The van der Waals surface area contributed by atoms with Gasteiger partial charge in [-0.05, 0) is 12.1 Å². The normalized spacial score (nSPS) is 10.6. The van der Waals surface area contributed by atoms with Crippen LogP contribution in [0.5, 0.6) is 0 Å². The molecule has 0 saturated carbocycles. The lowest BCUT2D eigenvalue weighted by atomic mass is 10.2. The van der Waals surface area contributed by atoms with Crippen LogP contribution < -0.4 is 0 Å². The second-order valence-corrected chi connectivity index (χ2v) is 4.39. The quantitative estimate of drug-likeness (QED) is 0.670. The number of ether oxygens (including phenoxy) is 1. The van der Waals surface area contributed by atoms with E-state index in [0.717, 1.165) is 0 Å². The van der Waals surface area contributed by atoms with Crippen LogP contribution in [0.1, 0.15) is 16.1 Å². The number of hydrogen-bond acceptors (Lipinski definition) is 5. The van der Waals surface area contributed by atoms with Crippen molar-refractivity contribution in [2.75, 3.05) is 7.11 Å². The molecule has 1 heterocycles. The van der Waals surface area contributed by atoms with Gasteiger partial charge in [-0.1, -0.05) is 11.6 Å². The summed E-state index contributed by atoms with van der Waals surface area (Å²) in [6.45, 7) is -0.0126. The van der Waals surface area contributed by atoms with Crippen molar-refractivity contribution >= 4 is 23.3 Å². The third-order valence-corrected chi connectivity index (χ3v) is 3.05. The van der Waals surface area contributed by atoms with E-state index in [1.165, 1.54) is 36.1 Å². The SMILES string of the molecule is COCc1nn(-c2ccc([N+](=O)[O-])cc2)c(Cl)c1C(=O)O. The lowest BCUT2D eigenvalue weighted by Gasteiger charge is -2.02. The fraction of sp³-hybridized carbons (Fsp3) is 0.167. The van der Waals surface area contributed by atoms with Crippen LogP contribution in [0, 0.1) is 10.1 Å². The molecule has 2 aromatic rings. The predicted octanol–water partition coefficient (Wildman–Crippen LogP) is 2.28. The zero-order valence-corrected chi connectivity index (χ0v) is 11.6. The summed E-state index contributed by atoms with van der Waals surface area (Å²) in [4.78, 5) is 21.3. The molecule has 0 unspecified atom stereocenters. The molecule has 0 aliphatic carbocycles. The highest BCUT2D eigenvalue weighted by Crippen LogP contribution is 2.25. The van der Waals surface area contributed by atoms with Crippen LogP contribution in [0.4, 0.5) is 5.69 Å². The molecular weight excluding hydrogens is 302 g/mol. The van der Waals surface area contributed by atoms with Crippen LogP contribution in [0.3, 0.4) is 0 Å². The van der Waals surface area contributed by atoms with Crippen molar-refractivity contribution < 1.29 is 19.6 Å². The molecule has 0 atom stereocenters. The number of rotatable bonds is 5. The van der Waals surface area contributed by atoms with Gasteiger partial charge < -0.3 is 9.84 Å². The van der Waals surface area contributed by atoms with E-state index >= 15 is 0 Å². The zero-order valence-electron chi connectivity index (χ0n) is 10.8. The van der Waals surface area contributed by atoms with Gasteiger partial charge in [0, 0.05) is 19.2 Å². The molecule has 0 aliphatic rings. The molecule has 1 N–H and O–H groups in total. The molecule has 110 valence electrons. The molecule has 0 radical (unpaired) electrons. The van der Waals surface area contributed by atoms with Gasteiger partial charge >= 0.3 is 5.97 Å². The van der Waals surface area contributed by atoms with E-state index < -0.39 is 10.9 Å². The van der Waals surface area contributed by atoms with Crippen molar-refractivity contribution in [3.63, 3.8) is 0 Å². The van der Waals surface area contributed by atoms with E-state index in [9.17, 15) is 14.9 Å². The summed E-state index contributed by atoms with van der Waals surface area (Å²) in [7, 11) is 1.41. The molecule has 0 bridgehead atoms. The Balaban J connectivity index is 2.51. The minimum Gasteiger partial charge on any atom is -0.478 e. The number of nitro benzene ring substituents is 1.